The first kappa shape index (κ1) is 10.7. The van der Waals surface area contributed by atoms with Gasteiger partial charge in [-0.15, -0.1) is 6.58 Å². The Bertz CT molecular complexity index is 118. The van der Waals surface area contributed by atoms with Gasteiger partial charge in [0.15, 0.2) is 0 Å². The van der Waals surface area contributed by atoms with Crippen LogP contribution in [0.5, 0.6) is 0 Å². The van der Waals surface area contributed by atoms with Crippen LogP contribution in [-0.2, 0) is 0 Å². The van der Waals surface area contributed by atoms with Gasteiger partial charge in [0.25, 0.3) is 0 Å². The van der Waals surface area contributed by atoms with Crippen molar-refractivity contribution in [2.45, 2.75) is 33.6 Å². The number of hydrogen-bond donors (Lipinski definition) is 1. The van der Waals surface area contributed by atoms with Gasteiger partial charge in [-0.2, -0.15) is 0 Å². The standard InChI is InChI=1S/C10H20O/c1-5-10(4,8-11)7-6-9(2)3/h5,9,11H,1,6-8H2,2-4H3. The minimum absolute atomic E-state index is 0.0652. The molecule has 0 fully saturated rings. The van der Waals surface area contributed by atoms with E-state index in [-0.39, 0.29) is 12.0 Å². The molecule has 1 atom stereocenters. The maximum atomic E-state index is 9.03. The Labute approximate surface area is 70.1 Å². The number of aliphatic hydroxyl groups is 1. The van der Waals surface area contributed by atoms with Crippen LogP contribution in [0.25, 0.3) is 0 Å². The molecule has 0 aromatic carbocycles. The summed E-state index contributed by atoms with van der Waals surface area (Å²) in [4.78, 5) is 0. The largest absolute Gasteiger partial charge is 0.395 e. The molecule has 0 saturated heterocycles. The summed E-state index contributed by atoms with van der Waals surface area (Å²) in [6.07, 6.45) is 4.04. The lowest BCUT2D eigenvalue weighted by molar-refractivity contribution is 0.169. The SMILES string of the molecule is C=CC(C)(CO)CCC(C)C. The van der Waals surface area contributed by atoms with Crippen LogP contribution in [0.4, 0.5) is 0 Å². The molecule has 0 saturated carbocycles. The summed E-state index contributed by atoms with van der Waals surface area (Å²) in [5.74, 6) is 0.709. The topological polar surface area (TPSA) is 20.2 Å². The molecular weight excluding hydrogens is 136 g/mol. The fourth-order valence-corrected chi connectivity index (χ4v) is 0.864. The first-order valence-electron chi connectivity index (χ1n) is 4.28. The highest BCUT2D eigenvalue weighted by atomic mass is 16.3. The molecular formula is C10H20O. The van der Waals surface area contributed by atoms with Gasteiger partial charge in [0.05, 0.1) is 6.61 Å². The molecule has 1 heteroatoms. The summed E-state index contributed by atoms with van der Waals surface area (Å²) in [5, 5.41) is 9.03. The van der Waals surface area contributed by atoms with E-state index >= 15 is 0 Å². The van der Waals surface area contributed by atoms with E-state index in [1.807, 2.05) is 13.0 Å². The monoisotopic (exact) mass is 156 g/mol. The zero-order valence-electron chi connectivity index (χ0n) is 7.93. The Hall–Kier alpha value is -0.300. The quantitative estimate of drug-likeness (QED) is 0.607. The first-order chi connectivity index (χ1) is 5.04. The minimum Gasteiger partial charge on any atom is -0.395 e. The molecule has 1 N–H and O–H groups in total. The average Bonchev–Trinajstić information content (AvgIpc) is 2.00. The summed E-state index contributed by atoms with van der Waals surface area (Å²) in [7, 11) is 0. The molecule has 0 aromatic heterocycles. The maximum Gasteiger partial charge on any atom is 0.0519 e. The van der Waals surface area contributed by atoms with Crippen LogP contribution < -0.4 is 0 Å². The second-order valence-corrected chi connectivity index (χ2v) is 3.95. The van der Waals surface area contributed by atoms with Crippen molar-refractivity contribution in [2.75, 3.05) is 6.61 Å². The molecule has 0 radical (unpaired) electrons. The fraction of sp³-hybridized carbons (Fsp3) is 0.800. The minimum atomic E-state index is -0.0652. The van der Waals surface area contributed by atoms with E-state index in [9.17, 15) is 0 Å². The van der Waals surface area contributed by atoms with Crippen molar-refractivity contribution in [3.63, 3.8) is 0 Å². The Morgan fingerprint density at radius 3 is 2.36 bits per heavy atom. The summed E-state index contributed by atoms with van der Waals surface area (Å²) < 4.78 is 0. The zero-order chi connectivity index (χ0) is 8.91. The van der Waals surface area contributed by atoms with Gasteiger partial charge in [-0.05, 0) is 12.3 Å². The first-order valence-corrected chi connectivity index (χ1v) is 4.28. The van der Waals surface area contributed by atoms with Crippen LogP contribution in [0.1, 0.15) is 33.6 Å². The molecule has 66 valence electrons. The second-order valence-electron chi connectivity index (χ2n) is 3.95. The van der Waals surface area contributed by atoms with E-state index < -0.39 is 0 Å². The zero-order valence-corrected chi connectivity index (χ0v) is 7.93. The van der Waals surface area contributed by atoms with Crippen LogP contribution in [0, 0.1) is 11.3 Å². The van der Waals surface area contributed by atoms with Crippen LogP contribution in [0.15, 0.2) is 12.7 Å². The Balaban J connectivity index is 3.78. The lowest BCUT2D eigenvalue weighted by atomic mass is 9.84. The van der Waals surface area contributed by atoms with Crippen LogP contribution in [0.2, 0.25) is 0 Å². The van der Waals surface area contributed by atoms with Crippen LogP contribution in [0.3, 0.4) is 0 Å². The van der Waals surface area contributed by atoms with Crippen molar-refractivity contribution in [3.8, 4) is 0 Å². The van der Waals surface area contributed by atoms with Crippen molar-refractivity contribution in [2.24, 2.45) is 11.3 Å². The predicted octanol–water partition coefficient (Wildman–Crippen LogP) is 2.61. The smallest absolute Gasteiger partial charge is 0.0519 e. The number of hydrogen-bond acceptors (Lipinski definition) is 1. The molecule has 0 rings (SSSR count). The van der Waals surface area contributed by atoms with Gasteiger partial charge in [0.1, 0.15) is 0 Å². The van der Waals surface area contributed by atoms with Crippen molar-refractivity contribution >= 4 is 0 Å². The van der Waals surface area contributed by atoms with E-state index in [0.29, 0.717) is 5.92 Å². The van der Waals surface area contributed by atoms with Crippen molar-refractivity contribution in [1.82, 2.24) is 0 Å². The highest BCUT2D eigenvalue weighted by Gasteiger charge is 2.18. The Morgan fingerprint density at radius 2 is 2.09 bits per heavy atom. The predicted molar refractivity (Wildman–Crippen MR) is 49.5 cm³/mol. The highest BCUT2D eigenvalue weighted by Crippen LogP contribution is 2.25. The van der Waals surface area contributed by atoms with Gasteiger partial charge in [-0.1, -0.05) is 33.3 Å². The Kier molecular flexibility index (Phi) is 4.43. The normalized spacial score (nSPS) is 16.5. The molecule has 1 nitrogen and oxygen atoms in total. The molecule has 0 spiro atoms. The summed E-state index contributed by atoms with van der Waals surface area (Å²) in [6.45, 7) is 10.4. The van der Waals surface area contributed by atoms with Crippen molar-refractivity contribution < 1.29 is 5.11 Å². The van der Waals surface area contributed by atoms with Gasteiger partial charge in [0, 0.05) is 5.41 Å². The molecule has 11 heavy (non-hydrogen) atoms. The van der Waals surface area contributed by atoms with Crippen molar-refractivity contribution in [3.05, 3.63) is 12.7 Å². The third-order valence-electron chi connectivity index (χ3n) is 2.15. The molecule has 0 aliphatic carbocycles. The van der Waals surface area contributed by atoms with Gasteiger partial charge in [-0.25, -0.2) is 0 Å². The molecule has 0 heterocycles. The van der Waals surface area contributed by atoms with E-state index in [1.165, 1.54) is 0 Å². The van der Waals surface area contributed by atoms with E-state index in [0.717, 1.165) is 12.8 Å². The van der Waals surface area contributed by atoms with E-state index in [4.69, 9.17) is 5.11 Å². The number of aliphatic hydroxyl groups excluding tert-OH is 1. The Morgan fingerprint density at radius 1 is 1.55 bits per heavy atom. The molecule has 0 aromatic rings. The summed E-state index contributed by atoms with van der Waals surface area (Å²) in [5.41, 5.74) is -0.0652. The molecule has 0 bridgehead atoms. The maximum absolute atomic E-state index is 9.03. The van der Waals surface area contributed by atoms with Gasteiger partial charge < -0.3 is 5.11 Å². The third-order valence-corrected chi connectivity index (χ3v) is 2.15. The van der Waals surface area contributed by atoms with Gasteiger partial charge in [0.2, 0.25) is 0 Å². The lowest BCUT2D eigenvalue weighted by Gasteiger charge is -2.23. The van der Waals surface area contributed by atoms with E-state index in [1.54, 1.807) is 0 Å². The highest BCUT2D eigenvalue weighted by molar-refractivity contribution is 4.90. The van der Waals surface area contributed by atoms with Gasteiger partial charge >= 0.3 is 0 Å². The van der Waals surface area contributed by atoms with Gasteiger partial charge in [-0.3, -0.25) is 0 Å². The molecule has 0 aliphatic rings. The van der Waals surface area contributed by atoms with Crippen LogP contribution >= 0.6 is 0 Å². The fourth-order valence-electron chi connectivity index (χ4n) is 0.864. The second kappa shape index (κ2) is 4.55. The lowest BCUT2D eigenvalue weighted by Crippen LogP contribution is -2.18. The summed E-state index contributed by atoms with van der Waals surface area (Å²) >= 11 is 0. The van der Waals surface area contributed by atoms with Crippen LogP contribution in [-0.4, -0.2) is 11.7 Å². The molecule has 0 amide bonds. The molecule has 1 unspecified atom stereocenters. The molecule has 0 aliphatic heterocycles. The van der Waals surface area contributed by atoms with E-state index in [2.05, 4.69) is 20.4 Å². The third kappa shape index (κ3) is 4.20. The van der Waals surface area contributed by atoms with Crippen molar-refractivity contribution in [1.29, 1.82) is 0 Å². The summed E-state index contributed by atoms with van der Waals surface area (Å²) in [6, 6.07) is 0. The number of rotatable bonds is 5. The average molecular weight is 156 g/mol.